The standard InChI is InChI=1S/C18H20N4O/c1-18(23,13-7-3-2-4-8-13)11-12-20-17-21-15-10-6-5-9-14(15)16(19)22-17/h2-10,23H,11-12H2,1H3,(H3,19,20,21,22). The van der Waals surface area contributed by atoms with Crippen LogP contribution in [0.3, 0.4) is 0 Å². The fourth-order valence-corrected chi connectivity index (χ4v) is 2.54. The van der Waals surface area contributed by atoms with Crippen molar-refractivity contribution in [3.63, 3.8) is 0 Å². The first kappa shape index (κ1) is 15.2. The molecule has 1 atom stereocenters. The van der Waals surface area contributed by atoms with E-state index >= 15 is 0 Å². The van der Waals surface area contributed by atoms with Crippen molar-refractivity contribution < 1.29 is 5.11 Å². The van der Waals surface area contributed by atoms with Gasteiger partial charge in [0, 0.05) is 11.9 Å². The zero-order valence-corrected chi connectivity index (χ0v) is 13.0. The summed E-state index contributed by atoms with van der Waals surface area (Å²) in [6, 6.07) is 17.2. The maximum absolute atomic E-state index is 10.6. The third kappa shape index (κ3) is 3.40. The van der Waals surface area contributed by atoms with Gasteiger partial charge in [-0.05, 0) is 31.0 Å². The monoisotopic (exact) mass is 308 g/mol. The summed E-state index contributed by atoms with van der Waals surface area (Å²) in [6.45, 7) is 2.35. The minimum atomic E-state index is -0.906. The van der Waals surface area contributed by atoms with Crippen LogP contribution in [0.25, 0.3) is 10.9 Å². The van der Waals surface area contributed by atoms with Gasteiger partial charge in [-0.25, -0.2) is 4.98 Å². The third-order valence-corrected chi connectivity index (χ3v) is 3.92. The Hall–Kier alpha value is -2.66. The molecule has 0 saturated carbocycles. The third-order valence-electron chi connectivity index (χ3n) is 3.92. The highest BCUT2D eigenvalue weighted by Crippen LogP contribution is 2.24. The lowest BCUT2D eigenvalue weighted by atomic mass is 9.93. The topological polar surface area (TPSA) is 84.1 Å². The van der Waals surface area contributed by atoms with E-state index in [2.05, 4.69) is 15.3 Å². The van der Waals surface area contributed by atoms with Crippen LogP contribution in [0.4, 0.5) is 11.8 Å². The quantitative estimate of drug-likeness (QED) is 0.675. The Morgan fingerprint density at radius 3 is 2.52 bits per heavy atom. The molecule has 2 aromatic carbocycles. The molecule has 1 heterocycles. The van der Waals surface area contributed by atoms with Gasteiger partial charge in [0.05, 0.1) is 11.1 Å². The van der Waals surface area contributed by atoms with Crippen LogP contribution in [0.15, 0.2) is 54.6 Å². The number of aromatic nitrogens is 2. The van der Waals surface area contributed by atoms with E-state index in [1.807, 2.05) is 54.6 Å². The van der Waals surface area contributed by atoms with Crippen molar-refractivity contribution in [1.29, 1.82) is 0 Å². The van der Waals surface area contributed by atoms with Gasteiger partial charge in [0.15, 0.2) is 0 Å². The van der Waals surface area contributed by atoms with Gasteiger partial charge in [-0.2, -0.15) is 4.98 Å². The Morgan fingerprint density at radius 1 is 1.04 bits per heavy atom. The lowest BCUT2D eigenvalue weighted by Crippen LogP contribution is -2.25. The van der Waals surface area contributed by atoms with Gasteiger partial charge in [0.25, 0.3) is 0 Å². The van der Waals surface area contributed by atoms with Crippen LogP contribution in [0.1, 0.15) is 18.9 Å². The first-order valence-electron chi connectivity index (χ1n) is 7.60. The molecule has 0 amide bonds. The summed E-state index contributed by atoms with van der Waals surface area (Å²) in [5.41, 5.74) is 6.75. The van der Waals surface area contributed by atoms with Gasteiger partial charge < -0.3 is 16.2 Å². The van der Waals surface area contributed by atoms with Crippen LogP contribution < -0.4 is 11.1 Å². The number of hydrogen-bond donors (Lipinski definition) is 3. The summed E-state index contributed by atoms with van der Waals surface area (Å²) in [6.07, 6.45) is 0.535. The lowest BCUT2D eigenvalue weighted by molar-refractivity contribution is 0.0515. The van der Waals surface area contributed by atoms with Gasteiger partial charge in [0.2, 0.25) is 5.95 Å². The molecule has 0 saturated heterocycles. The number of rotatable bonds is 5. The average molecular weight is 308 g/mol. The zero-order valence-electron chi connectivity index (χ0n) is 13.0. The normalized spacial score (nSPS) is 13.7. The molecule has 0 fully saturated rings. The maximum Gasteiger partial charge on any atom is 0.225 e. The predicted molar refractivity (Wildman–Crippen MR) is 93.1 cm³/mol. The first-order chi connectivity index (χ1) is 11.1. The molecule has 0 spiro atoms. The van der Waals surface area contributed by atoms with Crippen LogP contribution in [0.2, 0.25) is 0 Å². The van der Waals surface area contributed by atoms with Crippen molar-refractivity contribution >= 4 is 22.7 Å². The van der Waals surface area contributed by atoms with E-state index in [-0.39, 0.29) is 0 Å². The number of nitrogens with one attached hydrogen (secondary N) is 1. The summed E-state index contributed by atoms with van der Waals surface area (Å²) in [5.74, 6) is 0.929. The fraction of sp³-hybridized carbons (Fsp3) is 0.222. The van der Waals surface area contributed by atoms with Gasteiger partial charge >= 0.3 is 0 Å². The summed E-state index contributed by atoms with van der Waals surface area (Å²) < 4.78 is 0. The van der Waals surface area contributed by atoms with Crippen LogP contribution >= 0.6 is 0 Å². The Labute approximate surface area is 135 Å². The van der Waals surface area contributed by atoms with Crippen molar-refractivity contribution in [1.82, 2.24) is 9.97 Å². The molecule has 5 nitrogen and oxygen atoms in total. The summed E-state index contributed by atoms with van der Waals surface area (Å²) in [5, 5.41) is 14.6. The van der Waals surface area contributed by atoms with Crippen LogP contribution in [-0.4, -0.2) is 21.6 Å². The molecule has 0 aliphatic rings. The number of para-hydroxylation sites is 1. The Balaban J connectivity index is 1.69. The Morgan fingerprint density at radius 2 is 1.74 bits per heavy atom. The van der Waals surface area contributed by atoms with Gasteiger partial charge in [-0.3, -0.25) is 0 Å². The molecule has 118 valence electrons. The lowest BCUT2D eigenvalue weighted by Gasteiger charge is -2.24. The molecule has 1 unspecified atom stereocenters. The highest BCUT2D eigenvalue weighted by Gasteiger charge is 2.22. The van der Waals surface area contributed by atoms with E-state index in [0.29, 0.717) is 24.7 Å². The fourth-order valence-electron chi connectivity index (χ4n) is 2.54. The van der Waals surface area contributed by atoms with E-state index in [1.54, 1.807) is 6.92 Å². The SMILES string of the molecule is CC(O)(CCNc1nc(N)c2ccccc2n1)c1ccccc1. The largest absolute Gasteiger partial charge is 0.385 e. The molecule has 5 heteroatoms. The number of aliphatic hydroxyl groups is 1. The number of anilines is 2. The van der Waals surface area contributed by atoms with Gasteiger partial charge in [-0.15, -0.1) is 0 Å². The molecule has 0 radical (unpaired) electrons. The minimum Gasteiger partial charge on any atom is -0.385 e. The molecule has 0 bridgehead atoms. The van der Waals surface area contributed by atoms with Crippen molar-refractivity contribution in [2.45, 2.75) is 18.9 Å². The summed E-state index contributed by atoms with van der Waals surface area (Å²) in [4.78, 5) is 8.71. The smallest absolute Gasteiger partial charge is 0.225 e. The summed E-state index contributed by atoms with van der Waals surface area (Å²) >= 11 is 0. The highest BCUT2D eigenvalue weighted by atomic mass is 16.3. The zero-order chi connectivity index (χ0) is 16.3. The van der Waals surface area contributed by atoms with Crippen LogP contribution in [0.5, 0.6) is 0 Å². The number of benzene rings is 2. The molecule has 3 aromatic rings. The summed E-state index contributed by atoms with van der Waals surface area (Å²) in [7, 11) is 0. The van der Waals surface area contributed by atoms with E-state index < -0.39 is 5.60 Å². The molecular formula is C18H20N4O. The van der Waals surface area contributed by atoms with Crippen molar-refractivity contribution in [2.75, 3.05) is 17.6 Å². The Bertz CT molecular complexity index is 802. The van der Waals surface area contributed by atoms with E-state index in [1.165, 1.54) is 0 Å². The molecule has 4 N–H and O–H groups in total. The highest BCUT2D eigenvalue weighted by molar-refractivity contribution is 5.88. The van der Waals surface area contributed by atoms with E-state index in [4.69, 9.17) is 5.73 Å². The Kier molecular flexibility index (Phi) is 4.12. The van der Waals surface area contributed by atoms with Gasteiger partial charge in [0.1, 0.15) is 5.82 Å². The molecule has 23 heavy (non-hydrogen) atoms. The minimum absolute atomic E-state index is 0.452. The second kappa shape index (κ2) is 6.22. The van der Waals surface area contributed by atoms with Crippen LogP contribution in [-0.2, 0) is 5.60 Å². The van der Waals surface area contributed by atoms with Gasteiger partial charge in [-0.1, -0.05) is 42.5 Å². The van der Waals surface area contributed by atoms with E-state index in [0.717, 1.165) is 16.5 Å². The predicted octanol–water partition coefficient (Wildman–Crippen LogP) is 2.92. The van der Waals surface area contributed by atoms with Crippen molar-refractivity contribution in [3.05, 3.63) is 60.2 Å². The first-order valence-corrected chi connectivity index (χ1v) is 7.60. The molecule has 3 rings (SSSR count). The number of nitrogen functional groups attached to an aromatic ring is 1. The second-order valence-corrected chi connectivity index (χ2v) is 5.77. The van der Waals surface area contributed by atoms with Crippen molar-refractivity contribution in [3.8, 4) is 0 Å². The average Bonchev–Trinajstić information content (AvgIpc) is 2.56. The number of nitrogens with two attached hydrogens (primary N) is 1. The molecule has 0 aliphatic carbocycles. The van der Waals surface area contributed by atoms with Crippen LogP contribution in [0, 0.1) is 0 Å². The molecular weight excluding hydrogens is 288 g/mol. The number of fused-ring (bicyclic) bond motifs is 1. The number of nitrogens with zero attached hydrogens (tertiary/aromatic N) is 2. The number of hydrogen-bond acceptors (Lipinski definition) is 5. The van der Waals surface area contributed by atoms with Crippen molar-refractivity contribution in [2.24, 2.45) is 0 Å². The molecule has 0 aliphatic heterocycles. The molecule has 1 aromatic heterocycles. The second-order valence-electron chi connectivity index (χ2n) is 5.77. The maximum atomic E-state index is 10.6. The van der Waals surface area contributed by atoms with E-state index in [9.17, 15) is 5.11 Å².